The van der Waals surface area contributed by atoms with Gasteiger partial charge in [-0.25, -0.2) is 0 Å². The van der Waals surface area contributed by atoms with E-state index in [0.717, 1.165) is 17.9 Å². The molecule has 1 unspecified atom stereocenters. The number of rotatable bonds is 3. The first kappa shape index (κ1) is 13.1. The number of hydrogen-bond acceptors (Lipinski definition) is 3. The quantitative estimate of drug-likeness (QED) is 0.890. The molecule has 1 aliphatic heterocycles. The summed E-state index contributed by atoms with van der Waals surface area (Å²) in [4.78, 5) is 14.1. The molecule has 1 aliphatic rings. The SMILES string of the molecule is Cc1ccc(CCC(=O)N2CC(N)CC2(C)C)o1. The van der Waals surface area contributed by atoms with E-state index in [1.54, 1.807) is 0 Å². The number of carbonyl (C=O) groups excluding carboxylic acids is 1. The summed E-state index contributed by atoms with van der Waals surface area (Å²) in [6.45, 7) is 6.74. The van der Waals surface area contributed by atoms with E-state index in [-0.39, 0.29) is 17.5 Å². The molecule has 2 heterocycles. The summed E-state index contributed by atoms with van der Waals surface area (Å²) in [5, 5.41) is 0. The first-order valence-electron chi connectivity index (χ1n) is 6.50. The minimum Gasteiger partial charge on any atom is -0.466 e. The van der Waals surface area contributed by atoms with Gasteiger partial charge in [-0.15, -0.1) is 0 Å². The van der Waals surface area contributed by atoms with E-state index in [1.165, 1.54) is 0 Å². The Morgan fingerprint density at radius 2 is 2.28 bits per heavy atom. The molecule has 100 valence electrons. The summed E-state index contributed by atoms with van der Waals surface area (Å²) in [6, 6.07) is 3.97. The Balaban J connectivity index is 1.92. The van der Waals surface area contributed by atoms with Gasteiger partial charge in [0.2, 0.25) is 5.91 Å². The maximum atomic E-state index is 12.2. The molecule has 0 radical (unpaired) electrons. The Labute approximate surface area is 108 Å². The summed E-state index contributed by atoms with van der Waals surface area (Å²) in [5.41, 5.74) is 5.82. The van der Waals surface area contributed by atoms with Crippen molar-refractivity contribution >= 4 is 5.91 Å². The Morgan fingerprint density at radius 1 is 1.56 bits per heavy atom. The van der Waals surface area contributed by atoms with Crippen molar-refractivity contribution in [3.05, 3.63) is 23.7 Å². The Kier molecular flexibility index (Phi) is 3.48. The van der Waals surface area contributed by atoms with Crippen molar-refractivity contribution in [1.29, 1.82) is 0 Å². The number of nitrogens with two attached hydrogens (primary N) is 1. The monoisotopic (exact) mass is 250 g/mol. The smallest absolute Gasteiger partial charge is 0.223 e. The van der Waals surface area contributed by atoms with Gasteiger partial charge < -0.3 is 15.1 Å². The number of carbonyl (C=O) groups is 1. The lowest BCUT2D eigenvalue weighted by Gasteiger charge is -2.31. The standard InChI is InChI=1S/C14H22N2O2/c1-10-4-5-12(18-10)6-7-13(17)16-9-11(15)8-14(16,2)3/h4-5,11H,6-9,15H2,1-3H3. The molecule has 0 saturated carbocycles. The number of nitrogens with zero attached hydrogens (tertiary/aromatic N) is 1. The van der Waals surface area contributed by atoms with E-state index >= 15 is 0 Å². The number of aryl methyl sites for hydroxylation is 2. The van der Waals surface area contributed by atoms with E-state index in [1.807, 2.05) is 24.0 Å². The Bertz CT molecular complexity index is 437. The normalized spacial score (nSPS) is 22.4. The second-order valence-corrected chi connectivity index (χ2v) is 5.79. The van der Waals surface area contributed by atoms with Crippen LogP contribution in [-0.4, -0.2) is 28.9 Å². The number of hydrogen-bond donors (Lipinski definition) is 1. The van der Waals surface area contributed by atoms with Crippen LogP contribution in [0, 0.1) is 6.92 Å². The zero-order chi connectivity index (χ0) is 13.3. The molecule has 18 heavy (non-hydrogen) atoms. The van der Waals surface area contributed by atoms with Crippen LogP contribution in [0.1, 0.15) is 38.2 Å². The number of amides is 1. The van der Waals surface area contributed by atoms with Crippen LogP contribution in [0.4, 0.5) is 0 Å². The molecular weight excluding hydrogens is 228 g/mol. The average molecular weight is 250 g/mol. The van der Waals surface area contributed by atoms with Crippen molar-refractivity contribution in [2.24, 2.45) is 5.73 Å². The van der Waals surface area contributed by atoms with Crippen molar-refractivity contribution in [2.75, 3.05) is 6.54 Å². The van der Waals surface area contributed by atoms with Gasteiger partial charge in [0.05, 0.1) is 0 Å². The molecule has 1 fully saturated rings. The lowest BCUT2D eigenvalue weighted by molar-refractivity contribution is -0.134. The first-order chi connectivity index (χ1) is 8.38. The van der Waals surface area contributed by atoms with Crippen molar-refractivity contribution < 1.29 is 9.21 Å². The minimum absolute atomic E-state index is 0.106. The molecule has 1 atom stereocenters. The molecular formula is C14H22N2O2. The second-order valence-electron chi connectivity index (χ2n) is 5.79. The Hall–Kier alpha value is -1.29. The van der Waals surface area contributed by atoms with E-state index < -0.39 is 0 Å². The van der Waals surface area contributed by atoms with Gasteiger partial charge >= 0.3 is 0 Å². The fourth-order valence-electron chi connectivity index (χ4n) is 2.72. The maximum Gasteiger partial charge on any atom is 0.223 e. The zero-order valence-corrected chi connectivity index (χ0v) is 11.4. The fourth-order valence-corrected chi connectivity index (χ4v) is 2.72. The highest BCUT2D eigenvalue weighted by Crippen LogP contribution is 2.28. The molecule has 0 aliphatic carbocycles. The largest absolute Gasteiger partial charge is 0.466 e. The maximum absolute atomic E-state index is 12.2. The third-order valence-corrected chi connectivity index (χ3v) is 3.59. The molecule has 0 aromatic carbocycles. The topological polar surface area (TPSA) is 59.5 Å². The highest BCUT2D eigenvalue weighted by atomic mass is 16.3. The third-order valence-electron chi connectivity index (χ3n) is 3.59. The average Bonchev–Trinajstić information content (AvgIpc) is 2.78. The molecule has 1 amide bonds. The van der Waals surface area contributed by atoms with Crippen LogP contribution in [0.2, 0.25) is 0 Å². The van der Waals surface area contributed by atoms with Crippen LogP contribution in [-0.2, 0) is 11.2 Å². The highest BCUT2D eigenvalue weighted by molar-refractivity contribution is 5.77. The molecule has 4 nitrogen and oxygen atoms in total. The fraction of sp³-hybridized carbons (Fsp3) is 0.643. The lowest BCUT2D eigenvalue weighted by Crippen LogP contribution is -2.42. The third kappa shape index (κ3) is 2.75. The van der Waals surface area contributed by atoms with E-state index in [2.05, 4.69) is 13.8 Å². The molecule has 4 heteroatoms. The van der Waals surface area contributed by atoms with Crippen molar-refractivity contribution in [1.82, 2.24) is 4.90 Å². The van der Waals surface area contributed by atoms with Crippen LogP contribution in [0.15, 0.2) is 16.5 Å². The minimum atomic E-state index is -0.115. The summed E-state index contributed by atoms with van der Waals surface area (Å²) < 4.78 is 5.47. The van der Waals surface area contributed by atoms with Crippen LogP contribution in [0.25, 0.3) is 0 Å². The summed E-state index contributed by atoms with van der Waals surface area (Å²) in [7, 11) is 0. The zero-order valence-electron chi connectivity index (χ0n) is 11.4. The van der Waals surface area contributed by atoms with Gasteiger partial charge in [0, 0.05) is 31.0 Å². The van der Waals surface area contributed by atoms with Crippen LogP contribution >= 0.6 is 0 Å². The van der Waals surface area contributed by atoms with Crippen LogP contribution in [0.3, 0.4) is 0 Å². The Morgan fingerprint density at radius 3 is 2.78 bits per heavy atom. The van der Waals surface area contributed by atoms with Gasteiger partial charge in [-0.3, -0.25) is 4.79 Å². The van der Waals surface area contributed by atoms with Gasteiger partial charge in [-0.05, 0) is 39.3 Å². The van der Waals surface area contributed by atoms with Crippen LogP contribution < -0.4 is 5.73 Å². The van der Waals surface area contributed by atoms with E-state index in [4.69, 9.17) is 10.2 Å². The van der Waals surface area contributed by atoms with Gasteiger partial charge in [0.25, 0.3) is 0 Å². The molecule has 1 aromatic rings. The van der Waals surface area contributed by atoms with Gasteiger partial charge in [0.1, 0.15) is 11.5 Å². The molecule has 2 N–H and O–H groups in total. The second kappa shape index (κ2) is 4.76. The first-order valence-corrected chi connectivity index (χ1v) is 6.50. The van der Waals surface area contributed by atoms with E-state index in [9.17, 15) is 4.79 Å². The lowest BCUT2D eigenvalue weighted by atomic mass is 10.0. The molecule has 1 saturated heterocycles. The summed E-state index contributed by atoms with van der Waals surface area (Å²) in [5.74, 6) is 1.94. The predicted molar refractivity (Wildman–Crippen MR) is 70.2 cm³/mol. The summed E-state index contributed by atoms with van der Waals surface area (Å²) in [6.07, 6.45) is 2.02. The molecule has 0 bridgehead atoms. The van der Waals surface area contributed by atoms with Gasteiger partial charge in [0.15, 0.2) is 0 Å². The highest BCUT2D eigenvalue weighted by Gasteiger charge is 2.39. The van der Waals surface area contributed by atoms with Crippen LogP contribution in [0.5, 0.6) is 0 Å². The summed E-state index contributed by atoms with van der Waals surface area (Å²) >= 11 is 0. The number of furan rings is 1. The van der Waals surface area contributed by atoms with E-state index in [0.29, 0.717) is 19.4 Å². The number of likely N-dealkylation sites (tertiary alicyclic amines) is 1. The van der Waals surface area contributed by atoms with Gasteiger partial charge in [-0.2, -0.15) is 0 Å². The van der Waals surface area contributed by atoms with Gasteiger partial charge in [-0.1, -0.05) is 0 Å². The molecule has 0 spiro atoms. The molecule has 1 aromatic heterocycles. The van der Waals surface area contributed by atoms with Crippen molar-refractivity contribution in [2.45, 2.75) is 51.6 Å². The molecule has 2 rings (SSSR count). The van der Waals surface area contributed by atoms with Crippen molar-refractivity contribution in [3.8, 4) is 0 Å². The predicted octanol–water partition coefficient (Wildman–Crippen LogP) is 1.86. The van der Waals surface area contributed by atoms with Crippen molar-refractivity contribution in [3.63, 3.8) is 0 Å².